The summed E-state index contributed by atoms with van der Waals surface area (Å²) in [6.45, 7) is 6.85. The predicted molar refractivity (Wildman–Crippen MR) is 74.2 cm³/mol. The van der Waals surface area contributed by atoms with Gasteiger partial charge in [0.25, 0.3) is 0 Å². The van der Waals surface area contributed by atoms with E-state index in [0.29, 0.717) is 12.1 Å². The summed E-state index contributed by atoms with van der Waals surface area (Å²) in [6.07, 6.45) is 6.50. The van der Waals surface area contributed by atoms with Crippen LogP contribution in [0.15, 0.2) is 16.8 Å². The maximum Gasteiger partial charge on any atom is 0.00819 e. The summed E-state index contributed by atoms with van der Waals surface area (Å²) in [7, 11) is 0. The van der Waals surface area contributed by atoms with Crippen molar-refractivity contribution in [2.45, 2.75) is 65.0 Å². The molecule has 1 heterocycles. The average Bonchev–Trinajstić information content (AvgIpc) is 2.70. The summed E-state index contributed by atoms with van der Waals surface area (Å²) < 4.78 is 0. The lowest BCUT2D eigenvalue weighted by Crippen LogP contribution is -2.35. The van der Waals surface area contributed by atoms with Crippen LogP contribution in [0.4, 0.5) is 0 Å². The third-order valence-corrected chi connectivity index (χ3v) is 3.66. The van der Waals surface area contributed by atoms with E-state index in [2.05, 4.69) is 42.9 Å². The number of hydrogen-bond donors (Lipinski definition) is 1. The highest BCUT2D eigenvalue weighted by molar-refractivity contribution is 7.07. The minimum atomic E-state index is 0.589. The van der Waals surface area contributed by atoms with E-state index in [1.807, 2.05) is 0 Å². The zero-order chi connectivity index (χ0) is 11.8. The maximum absolute atomic E-state index is 3.68. The van der Waals surface area contributed by atoms with Crippen molar-refractivity contribution in [2.24, 2.45) is 0 Å². The monoisotopic (exact) mass is 239 g/mol. The fraction of sp³-hybridized carbons (Fsp3) is 0.714. The van der Waals surface area contributed by atoms with Crippen LogP contribution in [0, 0.1) is 0 Å². The summed E-state index contributed by atoms with van der Waals surface area (Å²) in [4.78, 5) is 0. The van der Waals surface area contributed by atoms with Gasteiger partial charge in [-0.05, 0) is 49.1 Å². The van der Waals surface area contributed by atoms with Gasteiger partial charge < -0.3 is 5.32 Å². The van der Waals surface area contributed by atoms with Crippen molar-refractivity contribution in [3.05, 3.63) is 22.4 Å². The Bertz CT molecular complexity index is 256. The lowest BCUT2D eigenvalue weighted by Gasteiger charge is -2.19. The summed E-state index contributed by atoms with van der Waals surface area (Å²) in [5.74, 6) is 0. The molecule has 16 heavy (non-hydrogen) atoms. The quantitative estimate of drug-likeness (QED) is 0.669. The van der Waals surface area contributed by atoms with E-state index in [1.54, 1.807) is 11.3 Å². The SMILES string of the molecule is CCCCCC(C)NC(C)Cc1ccsc1. The molecule has 1 aromatic heterocycles. The Morgan fingerprint density at radius 2 is 2.06 bits per heavy atom. The second-order valence-corrected chi connectivity index (χ2v) is 5.58. The standard InChI is InChI=1S/C14H25NS/c1-4-5-6-7-12(2)15-13(3)10-14-8-9-16-11-14/h8-9,11-13,15H,4-7,10H2,1-3H3. The first kappa shape index (κ1) is 13.7. The first-order valence-corrected chi connectivity index (χ1v) is 7.43. The number of thiophene rings is 1. The van der Waals surface area contributed by atoms with E-state index in [1.165, 1.54) is 31.2 Å². The molecule has 2 atom stereocenters. The summed E-state index contributed by atoms with van der Waals surface area (Å²) >= 11 is 1.79. The van der Waals surface area contributed by atoms with Gasteiger partial charge in [0.2, 0.25) is 0 Å². The summed E-state index contributed by atoms with van der Waals surface area (Å²) in [5, 5.41) is 8.09. The molecule has 0 aliphatic rings. The molecule has 0 spiro atoms. The molecule has 0 aromatic carbocycles. The van der Waals surface area contributed by atoms with E-state index >= 15 is 0 Å². The fourth-order valence-corrected chi connectivity index (χ4v) is 2.77. The van der Waals surface area contributed by atoms with Crippen LogP contribution >= 0.6 is 11.3 Å². The van der Waals surface area contributed by atoms with Crippen molar-refractivity contribution < 1.29 is 0 Å². The lowest BCUT2D eigenvalue weighted by atomic mass is 10.1. The molecule has 1 aromatic rings. The van der Waals surface area contributed by atoms with Crippen molar-refractivity contribution in [1.82, 2.24) is 5.32 Å². The first-order chi connectivity index (χ1) is 7.72. The predicted octanol–water partition coefficient (Wildman–Crippen LogP) is 4.24. The van der Waals surface area contributed by atoms with Crippen LogP contribution in [0.1, 0.15) is 52.0 Å². The summed E-state index contributed by atoms with van der Waals surface area (Å²) in [6, 6.07) is 3.47. The highest BCUT2D eigenvalue weighted by Gasteiger charge is 2.07. The zero-order valence-electron chi connectivity index (χ0n) is 10.8. The van der Waals surface area contributed by atoms with Crippen LogP contribution in [-0.4, -0.2) is 12.1 Å². The molecule has 2 unspecified atom stereocenters. The molecule has 0 saturated heterocycles. The maximum atomic E-state index is 3.68. The topological polar surface area (TPSA) is 12.0 Å². The molecular weight excluding hydrogens is 214 g/mol. The molecule has 92 valence electrons. The molecule has 0 radical (unpaired) electrons. The van der Waals surface area contributed by atoms with Crippen LogP contribution in [-0.2, 0) is 6.42 Å². The minimum absolute atomic E-state index is 0.589. The van der Waals surface area contributed by atoms with Gasteiger partial charge in [0.15, 0.2) is 0 Å². The van der Waals surface area contributed by atoms with Gasteiger partial charge in [-0.25, -0.2) is 0 Å². The third-order valence-electron chi connectivity index (χ3n) is 2.93. The van der Waals surface area contributed by atoms with Crippen LogP contribution in [0.25, 0.3) is 0 Å². The van der Waals surface area contributed by atoms with Crippen LogP contribution in [0.2, 0.25) is 0 Å². The van der Waals surface area contributed by atoms with Gasteiger partial charge in [0, 0.05) is 12.1 Å². The van der Waals surface area contributed by atoms with Gasteiger partial charge in [0.05, 0.1) is 0 Å². The Labute approximate surface area is 104 Å². The summed E-state index contributed by atoms with van der Waals surface area (Å²) in [5.41, 5.74) is 1.46. The van der Waals surface area contributed by atoms with E-state index in [-0.39, 0.29) is 0 Å². The van der Waals surface area contributed by atoms with Crippen LogP contribution < -0.4 is 5.32 Å². The largest absolute Gasteiger partial charge is 0.311 e. The second-order valence-electron chi connectivity index (χ2n) is 4.80. The molecule has 1 rings (SSSR count). The van der Waals surface area contributed by atoms with Gasteiger partial charge in [0.1, 0.15) is 0 Å². The minimum Gasteiger partial charge on any atom is -0.311 e. The molecule has 0 aliphatic heterocycles. The molecule has 2 heteroatoms. The van der Waals surface area contributed by atoms with E-state index in [0.717, 1.165) is 6.42 Å². The van der Waals surface area contributed by atoms with Gasteiger partial charge in [-0.15, -0.1) is 0 Å². The highest BCUT2D eigenvalue weighted by atomic mass is 32.1. The van der Waals surface area contributed by atoms with Gasteiger partial charge in [-0.1, -0.05) is 26.2 Å². The molecule has 1 nitrogen and oxygen atoms in total. The van der Waals surface area contributed by atoms with Crippen molar-refractivity contribution in [1.29, 1.82) is 0 Å². The average molecular weight is 239 g/mol. The Kier molecular flexibility index (Phi) is 6.74. The number of rotatable bonds is 8. The molecule has 0 saturated carbocycles. The van der Waals surface area contributed by atoms with E-state index in [4.69, 9.17) is 0 Å². The Hall–Kier alpha value is -0.340. The Balaban J connectivity index is 2.15. The van der Waals surface area contributed by atoms with Crippen LogP contribution in [0.5, 0.6) is 0 Å². The highest BCUT2D eigenvalue weighted by Crippen LogP contribution is 2.10. The van der Waals surface area contributed by atoms with Crippen LogP contribution in [0.3, 0.4) is 0 Å². The van der Waals surface area contributed by atoms with Crippen molar-refractivity contribution >= 4 is 11.3 Å². The normalized spacial score (nSPS) is 14.9. The molecule has 0 amide bonds. The second kappa shape index (κ2) is 7.86. The van der Waals surface area contributed by atoms with Gasteiger partial charge in [-0.3, -0.25) is 0 Å². The molecule has 0 bridgehead atoms. The third kappa shape index (κ3) is 5.66. The lowest BCUT2D eigenvalue weighted by molar-refractivity contribution is 0.430. The van der Waals surface area contributed by atoms with Gasteiger partial charge in [-0.2, -0.15) is 11.3 Å². The van der Waals surface area contributed by atoms with Gasteiger partial charge >= 0.3 is 0 Å². The number of unbranched alkanes of at least 4 members (excludes halogenated alkanes) is 2. The van der Waals surface area contributed by atoms with E-state index in [9.17, 15) is 0 Å². The first-order valence-electron chi connectivity index (χ1n) is 6.49. The molecule has 0 fully saturated rings. The van der Waals surface area contributed by atoms with Crippen molar-refractivity contribution in [3.8, 4) is 0 Å². The smallest absolute Gasteiger partial charge is 0.00819 e. The Morgan fingerprint density at radius 1 is 1.25 bits per heavy atom. The van der Waals surface area contributed by atoms with Crippen molar-refractivity contribution in [2.75, 3.05) is 0 Å². The number of nitrogens with one attached hydrogen (secondary N) is 1. The Morgan fingerprint density at radius 3 is 2.69 bits per heavy atom. The molecule has 0 aliphatic carbocycles. The fourth-order valence-electron chi connectivity index (χ4n) is 2.09. The molecular formula is C14H25NS. The number of hydrogen-bond acceptors (Lipinski definition) is 2. The van der Waals surface area contributed by atoms with E-state index < -0.39 is 0 Å². The zero-order valence-corrected chi connectivity index (χ0v) is 11.6. The molecule has 1 N–H and O–H groups in total. The van der Waals surface area contributed by atoms with Crippen molar-refractivity contribution in [3.63, 3.8) is 0 Å².